The molecule has 152 valence electrons. The van der Waals surface area contributed by atoms with Gasteiger partial charge in [-0.3, -0.25) is 14.5 Å². The maximum atomic E-state index is 12.9. The van der Waals surface area contributed by atoms with Crippen LogP contribution in [0, 0.1) is 6.92 Å². The molecule has 1 atom stereocenters. The molecule has 0 spiro atoms. The number of hydrogen-bond donors (Lipinski definition) is 1. The zero-order valence-electron chi connectivity index (χ0n) is 16.6. The molecule has 0 unspecified atom stereocenters. The third kappa shape index (κ3) is 5.92. The Kier molecular flexibility index (Phi) is 7.43. The van der Waals surface area contributed by atoms with E-state index in [0.717, 1.165) is 16.9 Å². The van der Waals surface area contributed by atoms with Gasteiger partial charge < -0.3 is 10.1 Å². The number of carbonyl (C=O) groups excluding carboxylic acids is 2. The average Bonchev–Trinajstić information content (AvgIpc) is 2.97. The number of ether oxygens (including phenoxy) is 1. The molecule has 1 N–H and O–H groups in total. The zero-order chi connectivity index (χ0) is 20.6. The summed E-state index contributed by atoms with van der Waals surface area (Å²) in [6.45, 7) is 3.04. The number of aliphatic imine (C=N–C) groups is 1. The minimum atomic E-state index is -0.482. The van der Waals surface area contributed by atoms with E-state index >= 15 is 0 Å². The highest BCUT2D eigenvalue weighted by Gasteiger charge is 2.38. The van der Waals surface area contributed by atoms with Crippen LogP contribution in [0.25, 0.3) is 0 Å². The lowest BCUT2D eigenvalue weighted by molar-refractivity contribution is -0.128. The van der Waals surface area contributed by atoms with Crippen LogP contribution in [0.1, 0.15) is 18.4 Å². The third-order valence-corrected chi connectivity index (χ3v) is 5.58. The van der Waals surface area contributed by atoms with Crippen molar-refractivity contribution in [2.24, 2.45) is 4.99 Å². The van der Waals surface area contributed by atoms with Gasteiger partial charge in [-0.15, -0.1) is 0 Å². The van der Waals surface area contributed by atoms with Gasteiger partial charge in [0.1, 0.15) is 5.25 Å². The van der Waals surface area contributed by atoms with Crippen LogP contribution in [-0.4, -0.2) is 47.4 Å². The maximum Gasteiger partial charge on any atom is 0.242 e. The fraction of sp³-hybridized carbons (Fsp3) is 0.318. The number of benzene rings is 2. The molecule has 2 aromatic carbocycles. The van der Waals surface area contributed by atoms with Gasteiger partial charge in [0.25, 0.3) is 0 Å². The lowest BCUT2D eigenvalue weighted by Gasteiger charge is -2.16. The standard InChI is InChI=1S/C22H25N3O3S/c1-16-8-6-11-18(14-16)23-20(26)15-19-21(27)25(12-7-13-28-2)22(29-19)24-17-9-4-3-5-10-17/h3-6,8-11,14,19H,7,12-13,15H2,1-2H3,(H,23,26)/t19-/m1/s1. The quantitative estimate of drug-likeness (QED) is 0.667. The number of carbonyl (C=O) groups is 2. The van der Waals surface area contributed by atoms with E-state index in [1.807, 2.05) is 61.5 Å². The van der Waals surface area contributed by atoms with E-state index in [-0.39, 0.29) is 18.2 Å². The highest BCUT2D eigenvalue weighted by molar-refractivity contribution is 8.15. The summed E-state index contributed by atoms with van der Waals surface area (Å²) in [7, 11) is 1.64. The topological polar surface area (TPSA) is 71.0 Å². The number of anilines is 1. The first-order chi connectivity index (χ1) is 14.1. The lowest BCUT2D eigenvalue weighted by Crippen LogP contribution is -2.34. The number of nitrogens with zero attached hydrogens (tertiary/aromatic N) is 2. The molecule has 0 aliphatic carbocycles. The van der Waals surface area contributed by atoms with Gasteiger partial charge in [-0.2, -0.15) is 0 Å². The number of rotatable bonds is 8. The van der Waals surface area contributed by atoms with Gasteiger partial charge in [0.05, 0.1) is 5.69 Å². The van der Waals surface area contributed by atoms with E-state index in [9.17, 15) is 9.59 Å². The van der Waals surface area contributed by atoms with E-state index in [4.69, 9.17) is 4.74 Å². The molecule has 2 aromatic rings. The number of nitrogens with one attached hydrogen (secondary N) is 1. The predicted molar refractivity (Wildman–Crippen MR) is 118 cm³/mol. The van der Waals surface area contributed by atoms with Crippen LogP contribution in [0.5, 0.6) is 0 Å². The van der Waals surface area contributed by atoms with Crippen LogP contribution >= 0.6 is 11.8 Å². The number of hydrogen-bond acceptors (Lipinski definition) is 5. The molecule has 1 aliphatic heterocycles. The van der Waals surface area contributed by atoms with Crippen molar-refractivity contribution >= 4 is 40.1 Å². The largest absolute Gasteiger partial charge is 0.385 e. The van der Waals surface area contributed by atoms with Crippen LogP contribution in [0.15, 0.2) is 59.6 Å². The van der Waals surface area contributed by atoms with Crippen molar-refractivity contribution in [2.45, 2.75) is 25.0 Å². The Balaban J connectivity index is 1.71. The molecule has 0 aromatic heterocycles. The Hall–Kier alpha value is -2.64. The minimum absolute atomic E-state index is 0.0832. The first kappa shape index (κ1) is 21.1. The molecule has 1 fully saturated rings. The van der Waals surface area contributed by atoms with Crippen LogP contribution in [-0.2, 0) is 14.3 Å². The Morgan fingerprint density at radius 2 is 2.00 bits per heavy atom. The number of methoxy groups -OCH3 is 1. The predicted octanol–water partition coefficient (Wildman–Crippen LogP) is 3.99. The Morgan fingerprint density at radius 3 is 2.72 bits per heavy atom. The highest BCUT2D eigenvalue weighted by Crippen LogP contribution is 2.32. The molecule has 0 bridgehead atoms. The number of amidine groups is 1. The summed E-state index contributed by atoms with van der Waals surface area (Å²) in [6.07, 6.45) is 0.810. The number of amides is 2. The molecule has 1 saturated heterocycles. The van der Waals surface area contributed by atoms with E-state index in [1.54, 1.807) is 12.0 Å². The molecule has 0 radical (unpaired) electrons. The van der Waals surface area contributed by atoms with Crippen molar-refractivity contribution in [1.29, 1.82) is 0 Å². The summed E-state index contributed by atoms with van der Waals surface area (Å²) < 4.78 is 5.11. The summed E-state index contributed by atoms with van der Waals surface area (Å²) in [5.74, 6) is -0.264. The summed E-state index contributed by atoms with van der Waals surface area (Å²) in [5.41, 5.74) is 2.58. The molecule has 1 heterocycles. The van der Waals surface area contributed by atoms with E-state index < -0.39 is 5.25 Å². The van der Waals surface area contributed by atoms with E-state index in [2.05, 4.69) is 10.3 Å². The summed E-state index contributed by atoms with van der Waals surface area (Å²) >= 11 is 1.35. The smallest absolute Gasteiger partial charge is 0.242 e. The van der Waals surface area contributed by atoms with Crippen molar-refractivity contribution in [3.63, 3.8) is 0 Å². The first-order valence-corrected chi connectivity index (χ1v) is 10.4. The first-order valence-electron chi connectivity index (χ1n) is 9.54. The van der Waals surface area contributed by atoms with Crippen LogP contribution in [0.3, 0.4) is 0 Å². The lowest BCUT2D eigenvalue weighted by atomic mass is 10.2. The molecule has 7 heteroatoms. The van der Waals surface area contributed by atoms with E-state index in [0.29, 0.717) is 24.7 Å². The van der Waals surface area contributed by atoms with E-state index in [1.165, 1.54) is 11.8 Å². The van der Waals surface area contributed by atoms with Crippen molar-refractivity contribution in [3.8, 4) is 0 Å². The van der Waals surface area contributed by atoms with Gasteiger partial charge in [0.15, 0.2) is 5.17 Å². The Bertz CT molecular complexity index is 886. The van der Waals surface area contributed by atoms with Crippen molar-refractivity contribution in [3.05, 3.63) is 60.2 Å². The Labute approximate surface area is 175 Å². The van der Waals surface area contributed by atoms with Crippen LogP contribution < -0.4 is 5.32 Å². The molecule has 1 aliphatic rings. The van der Waals surface area contributed by atoms with Crippen molar-refractivity contribution < 1.29 is 14.3 Å². The van der Waals surface area contributed by atoms with Crippen molar-refractivity contribution in [2.75, 3.05) is 25.6 Å². The molecular formula is C22H25N3O3S. The fourth-order valence-corrected chi connectivity index (χ4v) is 4.20. The van der Waals surface area contributed by atoms with Gasteiger partial charge in [0.2, 0.25) is 11.8 Å². The second-order valence-corrected chi connectivity index (χ2v) is 7.96. The zero-order valence-corrected chi connectivity index (χ0v) is 17.4. The highest BCUT2D eigenvalue weighted by atomic mass is 32.2. The molecule has 6 nitrogen and oxygen atoms in total. The van der Waals surface area contributed by atoms with Crippen LogP contribution in [0.2, 0.25) is 0 Å². The number of thioether (sulfide) groups is 1. The molecule has 0 saturated carbocycles. The van der Waals surface area contributed by atoms with Crippen molar-refractivity contribution in [1.82, 2.24) is 4.90 Å². The third-order valence-electron chi connectivity index (χ3n) is 4.40. The van der Waals surface area contributed by atoms with Gasteiger partial charge in [0, 0.05) is 32.4 Å². The summed E-state index contributed by atoms with van der Waals surface area (Å²) in [4.78, 5) is 31.7. The summed E-state index contributed by atoms with van der Waals surface area (Å²) in [5, 5.41) is 3.03. The Morgan fingerprint density at radius 1 is 1.21 bits per heavy atom. The van der Waals surface area contributed by atoms with Gasteiger partial charge in [-0.05, 0) is 43.2 Å². The van der Waals surface area contributed by atoms with Gasteiger partial charge in [-0.25, -0.2) is 4.99 Å². The minimum Gasteiger partial charge on any atom is -0.385 e. The second kappa shape index (κ2) is 10.2. The monoisotopic (exact) mass is 411 g/mol. The molecule has 2 amide bonds. The second-order valence-electron chi connectivity index (χ2n) is 6.79. The molecular weight excluding hydrogens is 386 g/mol. The molecule has 3 rings (SSSR count). The summed E-state index contributed by atoms with van der Waals surface area (Å²) in [6, 6.07) is 17.1. The SMILES string of the molecule is COCCCN1C(=O)[C@@H](CC(=O)Nc2cccc(C)c2)SC1=Nc1ccccc1. The maximum absolute atomic E-state index is 12.9. The van der Waals surface area contributed by atoms with Gasteiger partial charge >= 0.3 is 0 Å². The number of para-hydroxylation sites is 1. The van der Waals surface area contributed by atoms with Gasteiger partial charge in [-0.1, -0.05) is 42.1 Å². The fourth-order valence-electron chi connectivity index (χ4n) is 3.01. The average molecular weight is 412 g/mol. The molecule has 29 heavy (non-hydrogen) atoms. The normalized spacial score (nSPS) is 17.7. The van der Waals surface area contributed by atoms with Crippen LogP contribution in [0.4, 0.5) is 11.4 Å². The number of aryl methyl sites for hydroxylation is 1.